The van der Waals surface area contributed by atoms with Gasteiger partial charge >= 0.3 is 0 Å². The van der Waals surface area contributed by atoms with Gasteiger partial charge in [-0.2, -0.15) is 0 Å². The number of rotatable bonds is 2. The molecule has 0 aliphatic carbocycles. The van der Waals surface area contributed by atoms with Crippen molar-refractivity contribution in [2.75, 3.05) is 18.0 Å². The van der Waals surface area contributed by atoms with Crippen LogP contribution in [0.5, 0.6) is 0 Å². The molecule has 92 valence electrons. The lowest BCUT2D eigenvalue weighted by Gasteiger charge is -2.36. The van der Waals surface area contributed by atoms with Gasteiger partial charge in [0.15, 0.2) is 0 Å². The first-order valence-electron chi connectivity index (χ1n) is 6.12. The van der Waals surface area contributed by atoms with Crippen molar-refractivity contribution in [3.05, 3.63) is 23.9 Å². The molecule has 1 fully saturated rings. The maximum absolute atomic E-state index is 7.61. The Morgan fingerprint density at radius 3 is 2.65 bits per heavy atom. The molecule has 3 N–H and O–H groups in total. The zero-order valence-electron chi connectivity index (χ0n) is 10.5. The SMILES string of the molecule is CC1CC(C)CN(c2ncccc2C(=N)N)C1. The fourth-order valence-corrected chi connectivity index (χ4v) is 2.70. The van der Waals surface area contributed by atoms with E-state index in [1.807, 2.05) is 12.1 Å². The summed E-state index contributed by atoms with van der Waals surface area (Å²) in [7, 11) is 0. The summed E-state index contributed by atoms with van der Waals surface area (Å²) in [5.74, 6) is 2.29. The molecule has 1 aliphatic heterocycles. The van der Waals surface area contributed by atoms with E-state index in [0.29, 0.717) is 11.8 Å². The van der Waals surface area contributed by atoms with E-state index in [0.717, 1.165) is 24.5 Å². The Morgan fingerprint density at radius 1 is 1.41 bits per heavy atom. The average molecular weight is 232 g/mol. The van der Waals surface area contributed by atoms with E-state index >= 15 is 0 Å². The molecule has 1 aromatic rings. The molecular formula is C13H20N4. The summed E-state index contributed by atoms with van der Waals surface area (Å²) in [6.45, 7) is 6.53. The van der Waals surface area contributed by atoms with Crippen LogP contribution in [0.4, 0.5) is 5.82 Å². The smallest absolute Gasteiger partial charge is 0.139 e. The van der Waals surface area contributed by atoms with E-state index < -0.39 is 0 Å². The van der Waals surface area contributed by atoms with Gasteiger partial charge in [-0.25, -0.2) is 4.98 Å². The zero-order chi connectivity index (χ0) is 12.4. The number of hydrogen-bond donors (Lipinski definition) is 2. The Hall–Kier alpha value is -1.58. The summed E-state index contributed by atoms with van der Waals surface area (Å²) in [5.41, 5.74) is 6.35. The first kappa shape index (κ1) is 11.9. The maximum Gasteiger partial charge on any atom is 0.139 e. The van der Waals surface area contributed by atoms with E-state index in [2.05, 4.69) is 23.7 Å². The Labute approximate surface area is 102 Å². The molecule has 1 saturated heterocycles. The summed E-state index contributed by atoms with van der Waals surface area (Å²) in [4.78, 5) is 6.66. The van der Waals surface area contributed by atoms with E-state index in [1.165, 1.54) is 6.42 Å². The monoisotopic (exact) mass is 232 g/mol. The van der Waals surface area contributed by atoms with Crippen LogP contribution in [0.25, 0.3) is 0 Å². The van der Waals surface area contributed by atoms with Crippen molar-refractivity contribution in [2.24, 2.45) is 17.6 Å². The highest BCUT2D eigenvalue weighted by Gasteiger charge is 2.24. The molecule has 0 bridgehead atoms. The van der Waals surface area contributed by atoms with Crippen LogP contribution >= 0.6 is 0 Å². The first-order chi connectivity index (χ1) is 8.08. The van der Waals surface area contributed by atoms with Gasteiger partial charge in [0.05, 0.1) is 5.56 Å². The van der Waals surface area contributed by atoms with E-state index in [-0.39, 0.29) is 5.84 Å². The van der Waals surface area contributed by atoms with Crippen LogP contribution in [0.1, 0.15) is 25.8 Å². The second kappa shape index (κ2) is 4.73. The Kier molecular flexibility index (Phi) is 3.31. The topological polar surface area (TPSA) is 66.0 Å². The van der Waals surface area contributed by atoms with Gasteiger partial charge in [-0.1, -0.05) is 13.8 Å². The molecule has 4 nitrogen and oxygen atoms in total. The molecule has 1 aliphatic rings. The standard InChI is InChI=1S/C13H20N4/c1-9-6-10(2)8-17(7-9)13-11(12(14)15)4-3-5-16-13/h3-5,9-10H,6-8H2,1-2H3,(H3,14,15). The van der Waals surface area contributed by atoms with Crippen molar-refractivity contribution < 1.29 is 0 Å². The number of piperidine rings is 1. The highest BCUT2D eigenvalue weighted by molar-refractivity contribution is 5.99. The molecule has 0 amide bonds. The predicted molar refractivity (Wildman–Crippen MR) is 70.4 cm³/mol. The molecular weight excluding hydrogens is 212 g/mol. The van der Waals surface area contributed by atoms with Crippen molar-refractivity contribution in [3.63, 3.8) is 0 Å². The normalized spacial score (nSPS) is 24.7. The Morgan fingerprint density at radius 2 is 2.06 bits per heavy atom. The number of amidine groups is 1. The minimum Gasteiger partial charge on any atom is -0.384 e. The minimum absolute atomic E-state index is 0.0963. The summed E-state index contributed by atoms with van der Waals surface area (Å²) in [5, 5.41) is 7.61. The molecule has 17 heavy (non-hydrogen) atoms. The zero-order valence-corrected chi connectivity index (χ0v) is 10.5. The van der Waals surface area contributed by atoms with Crippen molar-refractivity contribution in [3.8, 4) is 0 Å². The van der Waals surface area contributed by atoms with Gasteiger partial charge in [0.2, 0.25) is 0 Å². The van der Waals surface area contributed by atoms with Crippen molar-refractivity contribution in [2.45, 2.75) is 20.3 Å². The van der Waals surface area contributed by atoms with Crippen LogP contribution in [0.2, 0.25) is 0 Å². The molecule has 0 aromatic carbocycles. The fraction of sp³-hybridized carbons (Fsp3) is 0.538. The first-order valence-corrected chi connectivity index (χ1v) is 6.12. The molecule has 2 unspecified atom stereocenters. The van der Waals surface area contributed by atoms with Crippen LogP contribution in [0.3, 0.4) is 0 Å². The average Bonchev–Trinajstić information content (AvgIpc) is 2.27. The van der Waals surface area contributed by atoms with E-state index in [1.54, 1.807) is 6.20 Å². The van der Waals surface area contributed by atoms with Crippen LogP contribution in [-0.2, 0) is 0 Å². The third-order valence-electron chi connectivity index (χ3n) is 3.25. The maximum atomic E-state index is 7.61. The summed E-state index contributed by atoms with van der Waals surface area (Å²) in [6, 6.07) is 3.70. The van der Waals surface area contributed by atoms with Gasteiger partial charge in [0.25, 0.3) is 0 Å². The number of nitrogens with zero attached hydrogens (tertiary/aromatic N) is 2. The lowest BCUT2D eigenvalue weighted by atomic mass is 9.91. The number of anilines is 1. The molecule has 0 saturated carbocycles. The number of nitrogens with one attached hydrogen (secondary N) is 1. The summed E-state index contributed by atoms with van der Waals surface area (Å²) in [6.07, 6.45) is 3.03. The van der Waals surface area contributed by atoms with Crippen molar-refractivity contribution in [1.82, 2.24) is 4.98 Å². The molecule has 0 radical (unpaired) electrons. The van der Waals surface area contributed by atoms with E-state index in [4.69, 9.17) is 11.1 Å². The Bertz CT molecular complexity index is 406. The van der Waals surface area contributed by atoms with Gasteiger partial charge in [-0.05, 0) is 30.4 Å². The van der Waals surface area contributed by atoms with Gasteiger partial charge in [0, 0.05) is 19.3 Å². The third kappa shape index (κ3) is 2.57. The largest absolute Gasteiger partial charge is 0.384 e. The highest BCUT2D eigenvalue weighted by Crippen LogP contribution is 2.26. The van der Waals surface area contributed by atoms with Gasteiger partial charge in [-0.15, -0.1) is 0 Å². The molecule has 2 atom stereocenters. The third-order valence-corrected chi connectivity index (χ3v) is 3.25. The van der Waals surface area contributed by atoms with E-state index in [9.17, 15) is 0 Å². The quantitative estimate of drug-likeness (QED) is 0.604. The van der Waals surface area contributed by atoms with Crippen molar-refractivity contribution in [1.29, 1.82) is 5.41 Å². The second-order valence-corrected chi connectivity index (χ2v) is 5.14. The fourth-order valence-electron chi connectivity index (χ4n) is 2.70. The lowest BCUT2D eigenvalue weighted by Crippen LogP contribution is -2.40. The molecule has 1 aromatic heterocycles. The Balaban J connectivity index is 2.30. The summed E-state index contributed by atoms with van der Waals surface area (Å²) < 4.78 is 0. The summed E-state index contributed by atoms with van der Waals surface area (Å²) >= 11 is 0. The van der Waals surface area contributed by atoms with Crippen LogP contribution in [-0.4, -0.2) is 23.9 Å². The highest BCUT2D eigenvalue weighted by atomic mass is 15.2. The number of hydrogen-bond acceptors (Lipinski definition) is 3. The molecule has 4 heteroatoms. The number of nitrogens with two attached hydrogens (primary N) is 1. The molecule has 2 heterocycles. The predicted octanol–water partition coefficient (Wildman–Crippen LogP) is 1.85. The van der Waals surface area contributed by atoms with Gasteiger partial charge in [0.1, 0.15) is 11.7 Å². The molecule has 2 rings (SSSR count). The number of aromatic nitrogens is 1. The van der Waals surface area contributed by atoms with Crippen LogP contribution in [0.15, 0.2) is 18.3 Å². The van der Waals surface area contributed by atoms with Crippen LogP contribution in [0, 0.1) is 17.2 Å². The molecule has 0 spiro atoms. The van der Waals surface area contributed by atoms with Gasteiger partial charge in [-0.3, -0.25) is 5.41 Å². The second-order valence-electron chi connectivity index (χ2n) is 5.14. The number of pyridine rings is 1. The van der Waals surface area contributed by atoms with Crippen molar-refractivity contribution >= 4 is 11.7 Å². The van der Waals surface area contributed by atoms with Gasteiger partial charge < -0.3 is 10.6 Å². The number of nitrogen functional groups attached to an aromatic ring is 1. The minimum atomic E-state index is 0.0963. The lowest BCUT2D eigenvalue weighted by molar-refractivity contribution is 0.355. The van der Waals surface area contributed by atoms with Crippen LogP contribution < -0.4 is 10.6 Å².